The molecule has 0 amide bonds. The Morgan fingerprint density at radius 2 is 1.80 bits per heavy atom. The molecule has 1 N–H and O–H groups in total. The predicted molar refractivity (Wildman–Crippen MR) is 61.1 cm³/mol. The zero-order valence-corrected chi connectivity index (χ0v) is 9.45. The Morgan fingerprint density at radius 3 is 2.47 bits per heavy atom. The van der Waals surface area contributed by atoms with Gasteiger partial charge >= 0.3 is 0 Å². The van der Waals surface area contributed by atoms with Gasteiger partial charge in [0.2, 0.25) is 0 Å². The zero-order valence-electron chi connectivity index (χ0n) is 8.63. The van der Waals surface area contributed by atoms with Gasteiger partial charge in [0.05, 0.1) is 22.2 Å². The van der Waals surface area contributed by atoms with Crippen molar-refractivity contribution in [2.24, 2.45) is 0 Å². The first-order valence-electron chi connectivity index (χ1n) is 5.43. The second kappa shape index (κ2) is 4.90. The third-order valence-corrected chi connectivity index (χ3v) is 4.75. The molecule has 2 rings (SSSR count). The molecule has 1 aliphatic carbocycles. The zero-order chi connectivity index (χ0) is 10.7. The van der Waals surface area contributed by atoms with Crippen LogP contribution in [0.25, 0.3) is 0 Å². The Kier molecular flexibility index (Phi) is 3.54. The molecule has 0 aliphatic heterocycles. The van der Waals surface area contributed by atoms with E-state index in [0.29, 0.717) is 0 Å². The van der Waals surface area contributed by atoms with Crippen LogP contribution in [0.2, 0.25) is 0 Å². The minimum Gasteiger partial charge on any atom is -0.392 e. The summed E-state index contributed by atoms with van der Waals surface area (Å²) >= 11 is 0. The molecule has 1 fully saturated rings. The first-order valence-corrected chi connectivity index (χ1v) is 6.64. The van der Waals surface area contributed by atoms with Gasteiger partial charge in [-0.3, -0.25) is 4.21 Å². The summed E-state index contributed by atoms with van der Waals surface area (Å²) in [5.41, 5.74) is 0. The lowest BCUT2D eigenvalue weighted by Crippen LogP contribution is -2.33. The summed E-state index contributed by atoms with van der Waals surface area (Å²) in [6.07, 6.45) is 3.43. The Labute approximate surface area is 92.8 Å². The minimum absolute atomic E-state index is 0.0684. The molecule has 0 spiro atoms. The first kappa shape index (κ1) is 10.8. The predicted octanol–water partition coefficient (Wildman–Crippen LogP) is 2.10. The minimum atomic E-state index is -1.05. The van der Waals surface area contributed by atoms with E-state index in [2.05, 4.69) is 0 Å². The van der Waals surface area contributed by atoms with Gasteiger partial charge in [0.15, 0.2) is 0 Å². The molecule has 3 heteroatoms. The molecule has 3 atom stereocenters. The summed E-state index contributed by atoms with van der Waals surface area (Å²) in [7, 11) is -1.05. The third-order valence-electron chi connectivity index (χ3n) is 2.92. The van der Waals surface area contributed by atoms with Crippen molar-refractivity contribution in [1.82, 2.24) is 0 Å². The average molecular weight is 224 g/mol. The van der Waals surface area contributed by atoms with E-state index >= 15 is 0 Å². The molecule has 1 saturated carbocycles. The molecular formula is C12H16O2S. The van der Waals surface area contributed by atoms with Crippen LogP contribution < -0.4 is 0 Å². The highest BCUT2D eigenvalue weighted by atomic mass is 32.2. The van der Waals surface area contributed by atoms with Crippen LogP contribution in [0.1, 0.15) is 25.7 Å². The van der Waals surface area contributed by atoms with Crippen LogP contribution in [0.5, 0.6) is 0 Å². The van der Waals surface area contributed by atoms with Crippen molar-refractivity contribution < 1.29 is 9.32 Å². The van der Waals surface area contributed by atoms with Crippen molar-refractivity contribution in [2.75, 3.05) is 0 Å². The maximum Gasteiger partial charge on any atom is 0.0687 e. The molecule has 82 valence electrons. The Morgan fingerprint density at radius 1 is 1.13 bits per heavy atom. The Bertz CT molecular complexity index is 337. The van der Waals surface area contributed by atoms with E-state index in [9.17, 15) is 9.32 Å². The van der Waals surface area contributed by atoms with Gasteiger partial charge in [-0.25, -0.2) is 0 Å². The van der Waals surface area contributed by atoms with Crippen molar-refractivity contribution in [3.8, 4) is 0 Å². The molecule has 2 nitrogen and oxygen atoms in total. The van der Waals surface area contributed by atoms with Crippen LogP contribution in [-0.4, -0.2) is 20.7 Å². The van der Waals surface area contributed by atoms with Crippen LogP contribution in [0.3, 0.4) is 0 Å². The van der Waals surface area contributed by atoms with Crippen molar-refractivity contribution in [3.63, 3.8) is 0 Å². The molecular weight excluding hydrogens is 208 g/mol. The van der Waals surface area contributed by atoms with Gasteiger partial charge in [0, 0.05) is 4.90 Å². The molecule has 0 aromatic heterocycles. The number of aliphatic hydroxyl groups excluding tert-OH is 1. The lowest BCUT2D eigenvalue weighted by Gasteiger charge is -2.26. The number of rotatable bonds is 2. The molecule has 1 aliphatic rings. The molecule has 0 heterocycles. The summed E-state index contributed by atoms with van der Waals surface area (Å²) in [4.78, 5) is 0.837. The van der Waals surface area contributed by atoms with Gasteiger partial charge in [0.25, 0.3) is 0 Å². The highest BCUT2D eigenvalue weighted by Gasteiger charge is 2.28. The van der Waals surface area contributed by atoms with E-state index < -0.39 is 10.8 Å². The van der Waals surface area contributed by atoms with E-state index in [1.165, 1.54) is 0 Å². The van der Waals surface area contributed by atoms with Crippen LogP contribution >= 0.6 is 0 Å². The second-order valence-electron chi connectivity index (χ2n) is 4.00. The third kappa shape index (κ3) is 2.47. The largest absolute Gasteiger partial charge is 0.392 e. The molecule has 0 saturated heterocycles. The summed E-state index contributed by atoms with van der Waals surface area (Å²) in [6.45, 7) is 0. The van der Waals surface area contributed by atoms with E-state index in [1.54, 1.807) is 0 Å². The molecule has 0 radical (unpaired) electrons. The summed E-state index contributed by atoms with van der Waals surface area (Å²) in [5, 5.41) is 9.74. The van der Waals surface area contributed by atoms with Gasteiger partial charge in [0.1, 0.15) is 0 Å². The molecule has 0 unspecified atom stereocenters. The van der Waals surface area contributed by atoms with Crippen molar-refractivity contribution in [1.29, 1.82) is 0 Å². The van der Waals surface area contributed by atoms with E-state index in [0.717, 1.165) is 30.6 Å². The Balaban J connectivity index is 2.13. The lowest BCUT2D eigenvalue weighted by atomic mass is 9.97. The van der Waals surface area contributed by atoms with Crippen molar-refractivity contribution >= 4 is 10.8 Å². The molecule has 0 bridgehead atoms. The average Bonchev–Trinajstić information content (AvgIpc) is 2.30. The maximum absolute atomic E-state index is 12.2. The smallest absolute Gasteiger partial charge is 0.0687 e. The number of hydrogen-bond acceptors (Lipinski definition) is 2. The van der Waals surface area contributed by atoms with E-state index in [1.807, 2.05) is 30.3 Å². The fraction of sp³-hybridized carbons (Fsp3) is 0.500. The number of aliphatic hydroxyl groups is 1. The van der Waals surface area contributed by atoms with Crippen molar-refractivity contribution in [2.45, 2.75) is 41.9 Å². The van der Waals surface area contributed by atoms with E-state index in [-0.39, 0.29) is 11.4 Å². The Hall–Kier alpha value is -0.670. The quantitative estimate of drug-likeness (QED) is 0.835. The summed E-state index contributed by atoms with van der Waals surface area (Å²) < 4.78 is 12.2. The maximum atomic E-state index is 12.2. The van der Waals surface area contributed by atoms with Gasteiger partial charge < -0.3 is 5.11 Å². The monoisotopic (exact) mass is 224 g/mol. The molecule has 1 aromatic rings. The SMILES string of the molecule is O=[S@](c1ccccc1)[C@@H]1CCCC[C@H]1O. The lowest BCUT2D eigenvalue weighted by molar-refractivity contribution is 0.135. The van der Waals surface area contributed by atoms with Crippen molar-refractivity contribution in [3.05, 3.63) is 30.3 Å². The topological polar surface area (TPSA) is 37.3 Å². The van der Waals surface area contributed by atoms with Crippen LogP contribution in [0, 0.1) is 0 Å². The van der Waals surface area contributed by atoms with Gasteiger partial charge in [-0.05, 0) is 25.0 Å². The number of hydrogen-bond donors (Lipinski definition) is 1. The standard InChI is InChI=1S/C12H16O2S/c13-11-8-4-5-9-12(11)15(14)10-6-2-1-3-7-10/h1-3,6-7,11-13H,4-5,8-9H2/t11-,12-,15-/m1/s1. The van der Waals surface area contributed by atoms with Gasteiger partial charge in [-0.1, -0.05) is 31.0 Å². The fourth-order valence-electron chi connectivity index (χ4n) is 2.06. The van der Waals surface area contributed by atoms with E-state index in [4.69, 9.17) is 0 Å². The van der Waals surface area contributed by atoms with Gasteiger partial charge in [-0.15, -0.1) is 0 Å². The normalized spacial score (nSPS) is 28.6. The van der Waals surface area contributed by atoms with Crippen LogP contribution in [0.4, 0.5) is 0 Å². The highest BCUT2D eigenvalue weighted by Crippen LogP contribution is 2.26. The molecule has 1 aromatic carbocycles. The fourth-order valence-corrected chi connectivity index (χ4v) is 3.63. The van der Waals surface area contributed by atoms with Crippen LogP contribution in [-0.2, 0) is 10.8 Å². The highest BCUT2D eigenvalue weighted by molar-refractivity contribution is 7.85. The van der Waals surface area contributed by atoms with Gasteiger partial charge in [-0.2, -0.15) is 0 Å². The summed E-state index contributed by atoms with van der Waals surface area (Å²) in [6, 6.07) is 9.44. The summed E-state index contributed by atoms with van der Waals surface area (Å²) in [5.74, 6) is 0. The van der Waals surface area contributed by atoms with Crippen LogP contribution in [0.15, 0.2) is 35.2 Å². The first-order chi connectivity index (χ1) is 7.29. The number of benzene rings is 1. The second-order valence-corrected chi connectivity index (χ2v) is 5.67. The molecule has 15 heavy (non-hydrogen) atoms.